The summed E-state index contributed by atoms with van der Waals surface area (Å²) >= 11 is 4.66. The molecule has 1 rings (SSSR count). The Hall–Kier alpha value is -1.58. The molecular formula is C11H19NO7S. The highest BCUT2D eigenvalue weighted by Crippen LogP contribution is 1.98. The molecule has 20 heavy (non-hydrogen) atoms. The van der Waals surface area contributed by atoms with E-state index in [-0.39, 0.29) is 38.4 Å². The first kappa shape index (κ1) is 20.7. The number of rotatable bonds is 5. The molecule has 0 aliphatic carbocycles. The first-order valence-electron chi connectivity index (χ1n) is 5.81. The topological polar surface area (TPSA) is 144 Å². The van der Waals surface area contributed by atoms with Gasteiger partial charge in [-0.25, -0.2) is 0 Å². The van der Waals surface area contributed by atoms with Crippen LogP contribution in [0.1, 0.15) is 32.1 Å². The Bertz CT molecular complexity index is 303. The number of thiocarbonyl (C=S) groups is 1. The van der Waals surface area contributed by atoms with E-state index in [4.69, 9.17) is 20.4 Å². The van der Waals surface area contributed by atoms with Crippen molar-refractivity contribution in [2.45, 2.75) is 32.1 Å². The van der Waals surface area contributed by atoms with Crippen LogP contribution in [0.5, 0.6) is 0 Å². The molecule has 0 aromatic rings. The van der Waals surface area contributed by atoms with Crippen molar-refractivity contribution >= 4 is 35.1 Å². The highest BCUT2D eigenvalue weighted by atomic mass is 32.1. The number of carboxylic acid groups (broad SMARTS) is 2. The summed E-state index contributed by atoms with van der Waals surface area (Å²) < 4.78 is 0. The van der Waals surface area contributed by atoms with Crippen LogP contribution in [0.15, 0.2) is 0 Å². The van der Waals surface area contributed by atoms with Gasteiger partial charge in [-0.15, -0.1) is 0 Å². The van der Waals surface area contributed by atoms with Crippen molar-refractivity contribution in [2.24, 2.45) is 0 Å². The van der Waals surface area contributed by atoms with E-state index in [2.05, 4.69) is 17.5 Å². The molecule has 0 radical (unpaired) electrons. The third-order valence-corrected chi connectivity index (χ3v) is 2.05. The normalized spacial score (nSPS) is 12.5. The van der Waals surface area contributed by atoms with Crippen LogP contribution in [0.25, 0.3) is 0 Å². The largest absolute Gasteiger partial charge is 0.481 e. The highest BCUT2D eigenvalue weighted by Gasteiger charge is 2.12. The number of hydrogen-bond donors (Lipinski definition) is 5. The number of carbonyl (C=O) groups is 3. The summed E-state index contributed by atoms with van der Waals surface area (Å²) in [6.45, 7) is -0.250. The van der Waals surface area contributed by atoms with Crippen LogP contribution in [0.4, 0.5) is 0 Å². The molecule has 0 aromatic carbocycles. The standard InChI is InChI=1S/C5H8O4.C4H5NOS.C2H6O2/c6-4(7)2-1-3-5(8)9;6-3-1-2-4(7)5-3;3-1-2-4/h1-3H2,(H,6,7)(H,8,9);1-2H2,(H,5,6,7);3-4H,1-2H2. The number of nitrogens with one attached hydrogen (secondary N) is 1. The van der Waals surface area contributed by atoms with Crippen LogP contribution in [-0.2, 0) is 14.4 Å². The second-order valence-electron chi connectivity index (χ2n) is 3.56. The van der Waals surface area contributed by atoms with Crippen molar-refractivity contribution in [1.82, 2.24) is 5.32 Å². The van der Waals surface area contributed by atoms with Gasteiger partial charge in [0.1, 0.15) is 0 Å². The molecule has 1 saturated heterocycles. The van der Waals surface area contributed by atoms with E-state index in [1.807, 2.05) is 0 Å². The minimum absolute atomic E-state index is 0.0602. The summed E-state index contributed by atoms with van der Waals surface area (Å²) in [5, 5.41) is 33.8. The zero-order valence-corrected chi connectivity index (χ0v) is 11.7. The quantitative estimate of drug-likeness (QED) is 0.428. The van der Waals surface area contributed by atoms with E-state index < -0.39 is 11.9 Å². The van der Waals surface area contributed by atoms with Crippen molar-refractivity contribution in [3.8, 4) is 0 Å². The van der Waals surface area contributed by atoms with E-state index in [0.29, 0.717) is 11.4 Å². The van der Waals surface area contributed by atoms with Crippen LogP contribution in [-0.4, -0.2) is 56.5 Å². The zero-order chi connectivity index (χ0) is 16.0. The van der Waals surface area contributed by atoms with Crippen LogP contribution >= 0.6 is 12.2 Å². The van der Waals surface area contributed by atoms with Gasteiger partial charge >= 0.3 is 11.9 Å². The fraction of sp³-hybridized carbons (Fsp3) is 0.636. The van der Waals surface area contributed by atoms with Crippen LogP contribution in [0.3, 0.4) is 0 Å². The van der Waals surface area contributed by atoms with Crippen LogP contribution < -0.4 is 5.32 Å². The number of aliphatic hydroxyl groups is 2. The molecule has 0 atom stereocenters. The molecular weight excluding hydrogens is 290 g/mol. The van der Waals surface area contributed by atoms with Crippen LogP contribution in [0.2, 0.25) is 0 Å². The molecule has 1 aliphatic rings. The Kier molecular flexibility index (Phi) is 14.3. The number of carbonyl (C=O) groups excluding carboxylic acids is 1. The average Bonchev–Trinajstić information content (AvgIpc) is 2.73. The minimum atomic E-state index is -0.948. The predicted octanol–water partition coefficient (Wildman–Crippen LogP) is -0.479. The van der Waals surface area contributed by atoms with Gasteiger partial charge in [0.2, 0.25) is 5.91 Å². The molecule has 116 valence electrons. The van der Waals surface area contributed by atoms with E-state index >= 15 is 0 Å². The third kappa shape index (κ3) is 18.8. The van der Waals surface area contributed by atoms with Crippen molar-refractivity contribution in [3.05, 3.63) is 0 Å². The maximum atomic E-state index is 10.3. The van der Waals surface area contributed by atoms with E-state index in [1.165, 1.54) is 0 Å². The number of hydrogen-bond acceptors (Lipinski definition) is 6. The lowest BCUT2D eigenvalue weighted by Gasteiger charge is -1.89. The van der Waals surface area contributed by atoms with E-state index in [9.17, 15) is 14.4 Å². The van der Waals surface area contributed by atoms with Crippen molar-refractivity contribution < 1.29 is 34.8 Å². The lowest BCUT2D eigenvalue weighted by atomic mass is 10.2. The fourth-order valence-electron chi connectivity index (χ4n) is 0.898. The molecule has 0 aromatic heterocycles. The molecule has 0 bridgehead atoms. The lowest BCUT2D eigenvalue weighted by molar-refractivity contribution is -0.138. The number of amides is 1. The Morgan fingerprint density at radius 1 is 1.05 bits per heavy atom. The molecule has 0 unspecified atom stereocenters. The summed E-state index contributed by atoms with van der Waals surface area (Å²) in [5.74, 6) is -1.84. The van der Waals surface area contributed by atoms with Gasteiger partial charge in [0.15, 0.2) is 0 Å². The Labute approximate surface area is 121 Å². The first-order chi connectivity index (χ1) is 9.33. The summed E-state index contributed by atoms with van der Waals surface area (Å²) in [5.41, 5.74) is 0. The fourth-order valence-corrected chi connectivity index (χ4v) is 1.11. The minimum Gasteiger partial charge on any atom is -0.481 e. The zero-order valence-electron chi connectivity index (χ0n) is 10.9. The van der Waals surface area contributed by atoms with Crippen molar-refractivity contribution in [3.63, 3.8) is 0 Å². The van der Waals surface area contributed by atoms with Crippen molar-refractivity contribution in [2.75, 3.05) is 13.2 Å². The predicted molar refractivity (Wildman–Crippen MR) is 73.3 cm³/mol. The van der Waals surface area contributed by atoms with Gasteiger partial charge in [-0.3, -0.25) is 14.4 Å². The Balaban J connectivity index is 0. The summed E-state index contributed by atoms with van der Waals surface area (Å²) in [7, 11) is 0. The molecule has 5 N–H and O–H groups in total. The van der Waals surface area contributed by atoms with Gasteiger partial charge in [-0.05, 0) is 6.42 Å². The maximum absolute atomic E-state index is 10.3. The Morgan fingerprint density at radius 2 is 1.50 bits per heavy atom. The molecule has 8 nitrogen and oxygen atoms in total. The number of aliphatic carboxylic acids is 2. The molecule has 0 spiro atoms. The Morgan fingerprint density at radius 3 is 1.65 bits per heavy atom. The number of carboxylic acids is 2. The van der Waals surface area contributed by atoms with Gasteiger partial charge in [-0.1, -0.05) is 12.2 Å². The maximum Gasteiger partial charge on any atom is 0.303 e. The highest BCUT2D eigenvalue weighted by molar-refractivity contribution is 7.80. The molecule has 0 saturated carbocycles. The SMILES string of the molecule is O=C(O)CCCC(=O)O.O=C1CCC(=S)N1.OCCO. The van der Waals surface area contributed by atoms with Gasteiger partial charge < -0.3 is 25.7 Å². The summed E-state index contributed by atoms with van der Waals surface area (Å²) in [4.78, 5) is 30.5. The van der Waals surface area contributed by atoms with Gasteiger partial charge in [0, 0.05) is 25.7 Å². The molecule has 9 heteroatoms. The summed E-state index contributed by atoms with van der Waals surface area (Å²) in [6, 6.07) is 0. The van der Waals surface area contributed by atoms with Gasteiger partial charge in [0.05, 0.1) is 18.2 Å². The molecule has 1 aliphatic heterocycles. The van der Waals surface area contributed by atoms with E-state index in [0.717, 1.165) is 6.42 Å². The monoisotopic (exact) mass is 309 g/mol. The lowest BCUT2D eigenvalue weighted by Crippen LogP contribution is -2.17. The third-order valence-electron chi connectivity index (χ3n) is 1.74. The van der Waals surface area contributed by atoms with Crippen LogP contribution in [0, 0.1) is 0 Å². The smallest absolute Gasteiger partial charge is 0.303 e. The molecule has 1 fully saturated rings. The first-order valence-corrected chi connectivity index (χ1v) is 6.22. The molecule has 1 amide bonds. The van der Waals surface area contributed by atoms with Gasteiger partial charge in [-0.2, -0.15) is 0 Å². The average molecular weight is 309 g/mol. The van der Waals surface area contributed by atoms with Gasteiger partial charge in [0.25, 0.3) is 0 Å². The van der Waals surface area contributed by atoms with E-state index in [1.54, 1.807) is 0 Å². The molecule has 1 heterocycles. The second kappa shape index (κ2) is 13.8. The summed E-state index contributed by atoms with van der Waals surface area (Å²) in [6.07, 6.45) is 1.41. The second-order valence-corrected chi connectivity index (χ2v) is 4.05. The number of aliphatic hydroxyl groups excluding tert-OH is 2. The van der Waals surface area contributed by atoms with Crippen molar-refractivity contribution in [1.29, 1.82) is 0 Å².